The lowest BCUT2D eigenvalue weighted by Crippen LogP contribution is -2.56. The first kappa shape index (κ1) is 12.9. The zero-order valence-electron chi connectivity index (χ0n) is 12.0. The Kier molecular flexibility index (Phi) is 3.04. The lowest BCUT2D eigenvalue weighted by Gasteiger charge is -2.50. The fourth-order valence-electron chi connectivity index (χ4n) is 2.99. The summed E-state index contributed by atoms with van der Waals surface area (Å²) in [4.78, 5) is 15.0. The molecule has 1 saturated carbocycles. The van der Waals surface area contributed by atoms with Crippen LogP contribution in [0.3, 0.4) is 0 Å². The van der Waals surface area contributed by atoms with Crippen molar-refractivity contribution >= 4 is 5.91 Å². The molecular weight excluding hydrogens is 210 g/mol. The molecule has 2 bridgehead atoms. The minimum Gasteiger partial charge on any atom is -0.339 e. The van der Waals surface area contributed by atoms with E-state index in [2.05, 4.69) is 39.5 Å². The average molecular weight is 237 g/mol. The van der Waals surface area contributed by atoms with Gasteiger partial charge in [-0.3, -0.25) is 4.79 Å². The van der Waals surface area contributed by atoms with Gasteiger partial charge in [-0.2, -0.15) is 0 Å². The predicted octanol–water partition coefficient (Wildman–Crippen LogP) is 3.46. The fraction of sp³-hybridized carbons (Fsp3) is 0.933. The fourth-order valence-corrected chi connectivity index (χ4v) is 2.99. The van der Waals surface area contributed by atoms with Crippen LogP contribution < -0.4 is 0 Å². The van der Waals surface area contributed by atoms with Gasteiger partial charge in [-0.1, -0.05) is 34.6 Å². The quantitative estimate of drug-likeness (QED) is 0.684. The van der Waals surface area contributed by atoms with Crippen LogP contribution in [-0.2, 0) is 4.79 Å². The molecule has 0 unspecified atom stereocenters. The van der Waals surface area contributed by atoms with E-state index in [0.29, 0.717) is 11.9 Å². The summed E-state index contributed by atoms with van der Waals surface area (Å²) < 4.78 is 0. The molecule has 3 aliphatic rings. The van der Waals surface area contributed by atoms with Crippen LogP contribution in [0, 0.1) is 16.7 Å². The molecular formula is C15H27NO. The van der Waals surface area contributed by atoms with Gasteiger partial charge in [-0.25, -0.2) is 0 Å². The van der Waals surface area contributed by atoms with E-state index in [-0.39, 0.29) is 10.8 Å². The van der Waals surface area contributed by atoms with E-state index in [1.165, 1.54) is 25.7 Å². The second kappa shape index (κ2) is 4.00. The molecule has 0 radical (unpaired) electrons. The van der Waals surface area contributed by atoms with E-state index in [9.17, 15) is 4.79 Å². The SMILES string of the molecule is CC(C)(C)C(C)(C)C(=O)N1CC2CCC1CC2. The van der Waals surface area contributed by atoms with Crippen molar-refractivity contribution in [2.24, 2.45) is 16.7 Å². The highest BCUT2D eigenvalue weighted by Gasteiger charge is 2.46. The number of carbonyl (C=O) groups is 1. The van der Waals surface area contributed by atoms with Gasteiger partial charge in [0.1, 0.15) is 0 Å². The summed E-state index contributed by atoms with van der Waals surface area (Å²) in [7, 11) is 0. The molecule has 17 heavy (non-hydrogen) atoms. The number of hydrogen-bond acceptors (Lipinski definition) is 1. The van der Waals surface area contributed by atoms with E-state index < -0.39 is 0 Å². The molecule has 3 fully saturated rings. The maximum absolute atomic E-state index is 12.8. The van der Waals surface area contributed by atoms with Crippen molar-refractivity contribution in [2.75, 3.05) is 6.54 Å². The van der Waals surface area contributed by atoms with Crippen molar-refractivity contribution in [3.8, 4) is 0 Å². The number of hydrogen-bond donors (Lipinski definition) is 0. The van der Waals surface area contributed by atoms with Gasteiger partial charge < -0.3 is 4.90 Å². The Balaban J connectivity index is 2.15. The normalized spacial score (nSPS) is 29.6. The molecule has 0 atom stereocenters. The Bertz CT molecular complexity index is 305. The molecule has 3 rings (SSSR count). The summed E-state index contributed by atoms with van der Waals surface area (Å²) in [6, 6.07) is 0.536. The number of nitrogens with zero attached hydrogens (tertiary/aromatic N) is 1. The first-order chi connectivity index (χ1) is 7.73. The molecule has 2 nitrogen and oxygen atoms in total. The van der Waals surface area contributed by atoms with Crippen LogP contribution in [0.4, 0.5) is 0 Å². The maximum Gasteiger partial charge on any atom is 0.229 e. The Hall–Kier alpha value is -0.530. The Morgan fingerprint density at radius 2 is 1.53 bits per heavy atom. The van der Waals surface area contributed by atoms with Crippen LogP contribution in [0.1, 0.15) is 60.3 Å². The molecule has 2 aliphatic heterocycles. The summed E-state index contributed by atoms with van der Waals surface area (Å²) in [6.45, 7) is 11.8. The molecule has 0 aromatic heterocycles. The number of piperidine rings is 2. The minimum absolute atomic E-state index is 0.0285. The van der Waals surface area contributed by atoms with Crippen molar-refractivity contribution in [3.05, 3.63) is 0 Å². The number of carbonyl (C=O) groups excluding carboxylic acids is 1. The molecule has 2 heteroatoms. The van der Waals surface area contributed by atoms with Crippen LogP contribution in [0.2, 0.25) is 0 Å². The minimum atomic E-state index is -0.259. The second-order valence-electron chi connectivity index (χ2n) is 7.51. The second-order valence-corrected chi connectivity index (χ2v) is 7.51. The summed E-state index contributed by atoms with van der Waals surface area (Å²) in [5.41, 5.74) is -0.231. The Morgan fingerprint density at radius 3 is 1.88 bits per heavy atom. The number of rotatable bonds is 1. The third-order valence-corrected chi connectivity index (χ3v) is 5.38. The topological polar surface area (TPSA) is 20.3 Å². The highest BCUT2D eigenvalue weighted by atomic mass is 16.2. The highest BCUT2D eigenvalue weighted by molar-refractivity contribution is 5.83. The largest absolute Gasteiger partial charge is 0.339 e. The van der Waals surface area contributed by atoms with Gasteiger partial charge in [-0.15, -0.1) is 0 Å². The summed E-state index contributed by atoms with van der Waals surface area (Å²) in [5.74, 6) is 1.15. The van der Waals surface area contributed by atoms with Gasteiger partial charge in [0.25, 0.3) is 0 Å². The van der Waals surface area contributed by atoms with Gasteiger partial charge in [0.15, 0.2) is 0 Å². The molecule has 1 amide bonds. The van der Waals surface area contributed by atoms with Gasteiger partial charge in [0, 0.05) is 18.0 Å². The number of fused-ring (bicyclic) bond motifs is 3. The van der Waals surface area contributed by atoms with E-state index in [1.807, 2.05) is 0 Å². The monoisotopic (exact) mass is 237 g/mol. The van der Waals surface area contributed by atoms with Gasteiger partial charge in [-0.05, 0) is 37.0 Å². The van der Waals surface area contributed by atoms with Crippen LogP contribution in [0.5, 0.6) is 0 Å². The van der Waals surface area contributed by atoms with E-state index in [1.54, 1.807) is 0 Å². The third kappa shape index (κ3) is 2.11. The molecule has 98 valence electrons. The molecule has 1 aliphatic carbocycles. The summed E-state index contributed by atoms with van der Waals surface area (Å²) >= 11 is 0. The van der Waals surface area contributed by atoms with Crippen molar-refractivity contribution in [1.82, 2.24) is 4.90 Å². The summed E-state index contributed by atoms with van der Waals surface area (Å²) in [6.07, 6.45) is 5.14. The molecule has 0 spiro atoms. The maximum atomic E-state index is 12.8. The van der Waals surface area contributed by atoms with Crippen molar-refractivity contribution in [3.63, 3.8) is 0 Å². The van der Waals surface area contributed by atoms with E-state index >= 15 is 0 Å². The average Bonchev–Trinajstić information content (AvgIpc) is 2.28. The predicted molar refractivity (Wildman–Crippen MR) is 70.7 cm³/mol. The molecule has 2 saturated heterocycles. The van der Waals surface area contributed by atoms with Gasteiger partial charge >= 0.3 is 0 Å². The molecule has 0 aromatic carbocycles. The lowest BCUT2D eigenvalue weighted by atomic mass is 9.67. The van der Waals surface area contributed by atoms with Gasteiger partial charge in [0.2, 0.25) is 5.91 Å². The first-order valence-corrected chi connectivity index (χ1v) is 7.04. The Morgan fingerprint density at radius 1 is 1.00 bits per heavy atom. The van der Waals surface area contributed by atoms with Crippen LogP contribution in [-0.4, -0.2) is 23.4 Å². The standard InChI is InChI=1S/C15H27NO/c1-14(2,3)15(4,5)13(17)16-10-11-6-8-12(16)9-7-11/h11-12H,6-10H2,1-5H3. The van der Waals surface area contributed by atoms with Crippen LogP contribution in [0.25, 0.3) is 0 Å². The van der Waals surface area contributed by atoms with Crippen molar-refractivity contribution < 1.29 is 4.79 Å². The smallest absolute Gasteiger partial charge is 0.229 e. The highest BCUT2D eigenvalue weighted by Crippen LogP contribution is 2.43. The molecule has 2 heterocycles. The number of amides is 1. The van der Waals surface area contributed by atoms with Crippen molar-refractivity contribution in [1.29, 1.82) is 0 Å². The third-order valence-electron chi connectivity index (χ3n) is 5.38. The molecule has 0 N–H and O–H groups in total. The van der Waals surface area contributed by atoms with E-state index in [4.69, 9.17) is 0 Å². The zero-order chi connectivity index (χ0) is 12.8. The molecule has 0 aromatic rings. The van der Waals surface area contributed by atoms with Crippen LogP contribution >= 0.6 is 0 Å². The lowest BCUT2D eigenvalue weighted by molar-refractivity contribution is -0.154. The first-order valence-electron chi connectivity index (χ1n) is 7.04. The van der Waals surface area contributed by atoms with Gasteiger partial charge in [0.05, 0.1) is 0 Å². The van der Waals surface area contributed by atoms with Crippen molar-refractivity contribution in [2.45, 2.75) is 66.3 Å². The zero-order valence-corrected chi connectivity index (χ0v) is 12.0. The van der Waals surface area contributed by atoms with E-state index in [0.717, 1.165) is 12.5 Å². The Labute approximate surface area is 106 Å². The summed E-state index contributed by atoms with van der Waals surface area (Å²) in [5, 5.41) is 0. The van der Waals surface area contributed by atoms with Crippen LogP contribution in [0.15, 0.2) is 0 Å².